The highest BCUT2D eigenvalue weighted by molar-refractivity contribution is 5.94. The number of nitrogens with one attached hydrogen (secondary N) is 3. The summed E-state index contributed by atoms with van der Waals surface area (Å²) in [4.78, 5) is 55.1. The molecule has 2 aromatic carbocycles. The third kappa shape index (κ3) is 11.9. The molecule has 0 aliphatic carbocycles. The number of aliphatic imine (C=N–C) groups is 1. The molecule has 0 spiro atoms. The van der Waals surface area contributed by atoms with Crippen molar-refractivity contribution in [3.63, 3.8) is 0 Å². The number of phenolic OH excluding ortho intramolecular Hbond substituents is 2. The van der Waals surface area contributed by atoms with Gasteiger partial charge in [0.15, 0.2) is 12.0 Å². The molecule has 43 heavy (non-hydrogen) atoms. The van der Waals surface area contributed by atoms with E-state index in [2.05, 4.69) is 20.9 Å². The summed E-state index contributed by atoms with van der Waals surface area (Å²) in [5.74, 6) is -3.95. The third-order valence-electron chi connectivity index (χ3n) is 6.37. The Balaban J connectivity index is 2.30. The van der Waals surface area contributed by atoms with Gasteiger partial charge in [-0.1, -0.05) is 24.3 Å². The lowest BCUT2D eigenvalue weighted by Gasteiger charge is -2.26. The van der Waals surface area contributed by atoms with Gasteiger partial charge in [0.05, 0.1) is 12.1 Å². The first-order valence-corrected chi connectivity index (χ1v) is 13.5. The number of phenols is 2. The van der Waals surface area contributed by atoms with Crippen LogP contribution >= 0.6 is 0 Å². The number of aliphatic carboxylic acids is 1. The minimum Gasteiger partial charge on any atom is -0.508 e. The molecule has 0 aliphatic heterocycles. The predicted octanol–water partition coefficient (Wildman–Crippen LogP) is -1.82. The summed E-state index contributed by atoms with van der Waals surface area (Å²) in [6.45, 7) is 1.44. The molecule has 0 saturated heterocycles. The molecule has 15 nitrogen and oxygen atoms in total. The molecule has 5 unspecified atom stereocenters. The third-order valence-corrected chi connectivity index (χ3v) is 6.37. The SMILES string of the molecule is CC(O)C(NC(=O)C(Cc1ccc(O)cc1)NC(=O)C(Cc1ccc(O)cc1)NC(=O)C(N)CCCN=C(N)N)C(=O)O. The zero-order chi connectivity index (χ0) is 32.1. The summed E-state index contributed by atoms with van der Waals surface area (Å²) in [6.07, 6.45) is -1.00. The maximum Gasteiger partial charge on any atom is 0.328 e. The lowest BCUT2D eigenvalue weighted by Crippen LogP contribution is -2.59. The van der Waals surface area contributed by atoms with Crippen molar-refractivity contribution >= 4 is 29.7 Å². The highest BCUT2D eigenvalue weighted by Gasteiger charge is 2.32. The van der Waals surface area contributed by atoms with E-state index in [1.165, 1.54) is 43.3 Å². The van der Waals surface area contributed by atoms with E-state index in [-0.39, 0.29) is 43.3 Å². The Bertz CT molecular complexity index is 1260. The normalized spacial score (nSPS) is 14.3. The highest BCUT2D eigenvalue weighted by atomic mass is 16.4. The second kappa shape index (κ2) is 16.5. The molecule has 2 aromatic rings. The minimum absolute atomic E-state index is 0.00619. The van der Waals surface area contributed by atoms with Crippen LogP contribution in [0.1, 0.15) is 30.9 Å². The molecule has 3 amide bonds. The molecule has 5 atom stereocenters. The predicted molar refractivity (Wildman–Crippen MR) is 157 cm³/mol. The maximum atomic E-state index is 13.6. The van der Waals surface area contributed by atoms with Gasteiger partial charge in [-0.05, 0) is 55.2 Å². The Kier molecular flexibility index (Phi) is 13.2. The van der Waals surface area contributed by atoms with Crippen LogP contribution in [0.15, 0.2) is 53.5 Å². The molecule has 234 valence electrons. The second-order valence-electron chi connectivity index (χ2n) is 9.98. The second-order valence-corrected chi connectivity index (χ2v) is 9.98. The number of carbonyl (C=O) groups excluding carboxylic acids is 3. The standard InChI is InChI=1S/C28H39N7O8/c1-15(36)23(27(42)43)35-26(41)22(14-17-6-10-19(38)11-7-17)34-25(40)21(13-16-4-8-18(37)9-5-16)33-24(39)20(29)3-2-12-32-28(30)31/h4-11,15,20-23,36-38H,2-3,12-14,29H2,1H3,(H,33,39)(H,34,40)(H,35,41)(H,42,43)(H4,30,31,32). The molecule has 2 rings (SSSR count). The average molecular weight is 602 g/mol. The Labute approximate surface area is 248 Å². The summed E-state index contributed by atoms with van der Waals surface area (Å²) in [5, 5.41) is 45.9. The molecule has 0 saturated carbocycles. The first-order chi connectivity index (χ1) is 20.3. The molecule has 13 N–H and O–H groups in total. The quantitative estimate of drug-likeness (QED) is 0.0581. The fourth-order valence-corrected chi connectivity index (χ4v) is 4.00. The Morgan fingerprint density at radius 1 is 0.791 bits per heavy atom. The summed E-state index contributed by atoms with van der Waals surface area (Å²) in [5.41, 5.74) is 17.7. The first kappa shape index (κ1) is 34.3. The van der Waals surface area contributed by atoms with E-state index >= 15 is 0 Å². The Hall–Kier alpha value is -4.89. The van der Waals surface area contributed by atoms with Gasteiger partial charge >= 0.3 is 5.97 Å². The van der Waals surface area contributed by atoms with Crippen LogP contribution in [0.3, 0.4) is 0 Å². The van der Waals surface area contributed by atoms with E-state index in [0.29, 0.717) is 17.5 Å². The molecule has 0 radical (unpaired) electrons. The van der Waals surface area contributed by atoms with Crippen LogP contribution in [-0.4, -0.2) is 86.9 Å². The van der Waals surface area contributed by atoms with Crippen molar-refractivity contribution in [1.82, 2.24) is 16.0 Å². The topological polar surface area (TPSA) is 276 Å². The smallest absolute Gasteiger partial charge is 0.328 e. The van der Waals surface area contributed by atoms with E-state index in [1.54, 1.807) is 12.1 Å². The number of carboxylic acid groups (broad SMARTS) is 1. The van der Waals surface area contributed by atoms with Gasteiger partial charge in [0.2, 0.25) is 17.7 Å². The number of nitrogens with two attached hydrogens (primary N) is 3. The number of hydrogen-bond acceptors (Lipinski definition) is 9. The zero-order valence-electron chi connectivity index (χ0n) is 23.6. The number of nitrogens with zero attached hydrogens (tertiary/aromatic N) is 1. The van der Waals surface area contributed by atoms with Crippen LogP contribution in [-0.2, 0) is 32.0 Å². The molecule has 0 aromatic heterocycles. The van der Waals surface area contributed by atoms with Crippen LogP contribution in [0.2, 0.25) is 0 Å². The largest absolute Gasteiger partial charge is 0.508 e. The highest BCUT2D eigenvalue weighted by Crippen LogP contribution is 2.14. The number of aromatic hydroxyl groups is 2. The van der Waals surface area contributed by atoms with Gasteiger partial charge in [0, 0.05) is 19.4 Å². The number of aliphatic hydroxyl groups excluding tert-OH is 1. The fraction of sp³-hybridized carbons (Fsp3) is 0.393. The van der Waals surface area contributed by atoms with Crippen LogP contribution in [0.5, 0.6) is 11.5 Å². The van der Waals surface area contributed by atoms with Gasteiger partial charge in [-0.3, -0.25) is 19.4 Å². The van der Waals surface area contributed by atoms with Crippen molar-refractivity contribution in [2.45, 2.75) is 62.9 Å². The minimum atomic E-state index is -1.66. The molecule has 0 bridgehead atoms. The first-order valence-electron chi connectivity index (χ1n) is 13.5. The summed E-state index contributed by atoms with van der Waals surface area (Å²) >= 11 is 0. The van der Waals surface area contributed by atoms with E-state index in [4.69, 9.17) is 17.2 Å². The van der Waals surface area contributed by atoms with Crippen molar-refractivity contribution < 1.29 is 39.6 Å². The average Bonchev–Trinajstić information content (AvgIpc) is 2.94. The van der Waals surface area contributed by atoms with Gasteiger partial charge in [0.25, 0.3) is 0 Å². The van der Waals surface area contributed by atoms with E-state index < -0.39 is 54.0 Å². The van der Waals surface area contributed by atoms with E-state index in [1.807, 2.05) is 0 Å². The van der Waals surface area contributed by atoms with Crippen molar-refractivity contribution in [2.24, 2.45) is 22.2 Å². The molecule has 0 aliphatic rings. The number of carboxylic acids is 1. The monoisotopic (exact) mass is 601 g/mol. The molecular formula is C28H39N7O8. The molecule has 0 fully saturated rings. The number of hydrogen-bond donors (Lipinski definition) is 10. The van der Waals surface area contributed by atoms with Crippen molar-refractivity contribution in [1.29, 1.82) is 0 Å². The van der Waals surface area contributed by atoms with E-state index in [0.717, 1.165) is 0 Å². The van der Waals surface area contributed by atoms with Crippen LogP contribution in [0.4, 0.5) is 0 Å². The number of guanidine groups is 1. The lowest BCUT2D eigenvalue weighted by atomic mass is 10.0. The molecule has 0 heterocycles. The van der Waals surface area contributed by atoms with Crippen LogP contribution in [0, 0.1) is 0 Å². The van der Waals surface area contributed by atoms with Gasteiger partial charge in [-0.2, -0.15) is 0 Å². The number of carbonyl (C=O) groups is 4. The number of aliphatic hydroxyl groups is 1. The van der Waals surface area contributed by atoms with Crippen molar-refractivity contribution in [3.8, 4) is 11.5 Å². The van der Waals surface area contributed by atoms with E-state index in [9.17, 15) is 39.6 Å². The van der Waals surface area contributed by atoms with Gasteiger partial charge < -0.3 is 53.6 Å². The summed E-state index contributed by atoms with van der Waals surface area (Å²) in [7, 11) is 0. The van der Waals surface area contributed by atoms with Gasteiger partial charge in [0.1, 0.15) is 23.6 Å². The van der Waals surface area contributed by atoms with Gasteiger partial charge in [-0.25, -0.2) is 4.79 Å². The molecule has 15 heteroatoms. The van der Waals surface area contributed by atoms with Crippen LogP contribution in [0.25, 0.3) is 0 Å². The molecular weight excluding hydrogens is 562 g/mol. The zero-order valence-corrected chi connectivity index (χ0v) is 23.6. The lowest BCUT2D eigenvalue weighted by molar-refractivity contribution is -0.145. The Morgan fingerprint density at radius 3 is 1.65 bits per heavy atom. The number of benzene rings is 2. The van der Waals surface area contributed by atoms with Crippen molar-refractivity contribution in [3.05, 3.63) is 59.7 Å². The van der Waals surface area contributed by atoms with Crippen LogP contribution < -0.4 is 33.2 Å². The Morgan fingerprint density at radius 2 is 1.23 bits per heavy atom. The van der Waals surface area contributed by atoms with Gasteiger partial charge in [-0.15, -0.1) is 0 Å². The summed E-state index contributed by atoms with van der Waals surface area (Å²) < 4.78 is 0. The fourth-order valence-electron chi connectivity index (χ4n) is 4.00. The number of rotatable bonds is 16. The maximum absolute atomic E-state index is 13.6. The number of amides is 3. The van der Waals surface area contributed by atoms with Crippen molar-refractivity contribution in [2.75, 3.05) is 6.54 Å². The summed E-state index contributed by atoms with van der Waals surface area (Å²) in [6, 6.07) is 6.47.